The summed E-state index contributed by atoms with van der Waals surface area (Å²) in [6.07, 6.45) is 0. The Labute approximate surface area is 812 Å². The maximum Gasteiger partial charge on any atom is 0.235 e. The van der Waals surface area contributed by atoms with Crippen molar-refractivity contribution in [1.82, 2.24) is 23.7 Å². The lowest BCUT2D eigenvalue weighted by molar-refractivity contribution is 0.619. The Morgan fingerprint density at radius 1 is 0.241 bits per heavy atom. The van der Waals surface area contributed by atoms with Crippen LogP contribution >= 0.6 is 11.3 Å². The first-order chi connectivity index (χ1) is 69.2. The van der Waals surface area contributed by atoms with Gasteiger partial charge in [0.05, 0.1) is 44.3 Å². The van der Waals surface area contributed by atoms with E-state index >= 15 is 0 Å². The predicted molar refractivity (Wildman–Crippen MR) is 586 cm³/mol. The van der Waals surface area contributed by atoms with Gasteiger partial charge in [-0.1, -0.05) is 327 Å². The fraction of sp³-hybridized carbons (Fsp3) is 0.0687. The highest BCUT2D eigenvalue weighted by Crippen LogP contribution is 2.61. The minimum absolute atomic E-state index is 0.217. The van der Waals surface area contributed by atoms with Gasteiger partial charge in [0.1, 0.15) is 44.7 Å². The molecule has 664 valence electrons. The van der Waals surface area contributed by atoms with Crippen LogP contribution in [-0.2, 0) is 16.2 Å². The lowest BCUT2D eigenvalue weighted by Gasteiger charge is -2.22. The third kappa shape index (κ3) is 11.2. The molecule has 0 fully saturated rings. The quantitative estimate of drug-likeness (QED) is 0.165. The Hall–Kier alpha value is -17.4. The number of furan rings is 4. The SMILES string of the molecule is CC1(C)c2c(ccc3c2oc2ccccc23)-c2ccc3c(c21)c1ccccc1n3-c1nc(-c2ccccc2)c2ccccc2n1.CC1(C)c2ccc3c(c2-c2ccc4c(oc5ccccc54)c21)c1ccccc1n3-c1cccc(-c2ccc3oc4ccccc4c3c2)c1.CC1(C)c2ccc3c4ccccc4n(-c4ccc(-c5cccc6c5sc5ccccc56)cc4)c3c2-c2ccc3c(oc4ccccc43)c21. The summed E-state index contributed by atoms with van der Waals surface area (Å²) in [6, 6.07) is 146. The van der Waals surface area contributed by atoms with Gasteiger partial charge in [0.25, 0.3) is 0 Å². The van der Waals surface area contributed by atoms with Gasteiger partial charge in [-0.2, -0.15) is 0 Å². The molecule has 32 rings (SSSR count). The number of aromatic nitrogens is 5. The highest BCUT2D eigenvalue weighted by Gasteiger charge is 2.45. The number of rotatable bonds is 6. The first-order valence-corrected chi connectivity index (χ1v) is 49.5. The number of para-hydroxylation sites is 8. The third-order valence-corrected chi connectivity index (χ3v) is 32.5. The first kappa shape index (κ1) is 79.7. The molecule has 0 atom stereocenters. The second-order valence-corrected chi connectivity index (χ2v) is 41.0. The second kappa shape index (κ2) is 29.3. The maximum atomic E-state index is 6.65. The van der Waals surface area contributed by atoms with Crippen LogP contribution in [0, 0.1) is 0 Å². The summed E-state index contributed by atoms with van der Waals surface area (Å²) in [5, 5.41) is 20.6. The first-order valence-electron chi connectivity index (χ1n) is 48.6. The monoisotopic (exact) mass is 1820 g/mol. The lowest BCUT2D eigenvalue weighted by atomic mass is 9.80. The van der Waals surface area contributed by atoms with Crippen LogP contribution in [0.5, 0.6) is 0 Å². The molecule has 9 nitrogen and oxygen atoms in total. The molecule has 141 heavy (non-hydrogen) atoms. The normalized spacial score (nSPS) is 13.8. The molecule has 0 radical (unpaired) electrons. The van der Waals surface area contributed by atoms with Gasteiger partial charge in [-0.25, -0.2) is 9.97 Å². The van der Waals surface area contributed by atoms with E-state index < -0.39 is 0 Å². The molecule has 0 unspecified atom stereocenters. The average molecular weight is 1830 g/mol. The van der Waals surface area contributed by atoms with Crippen molar-refractivity contribution in [1.29, 1.82) is 0 Å². The Bertz CT molecular complexity index is 10500. The highest BCUT2D eigenvalue weighted by atomic mass is 32.1. The Morgan fingerprint density at radius 2 is 0.695 bits per heavy atom. The van der Waals surface area contributed by atoms with Crippen molar-refractivity contribution in [2.24, 2.45) is 0 Å². The van der Waals surface area contributed by atoms with Gasteiger partial charge in [0.15, 0.2) is 0 Å². The Kier molecular flexibility index (Phi) is 16.6. The highest BCUT2D eigenvalue weighted by molar-refractivity contribution is 7.26. The molecular weight excluding hydrogens is 1740 g/mol. The summed E-state index contributed by atoms with van der Waals surface area (Å²) < 4.78 is 35.9. The van der Waals surface area contributed by atoms with Crippen LogP contribution in [0.25, 0.3) is 268 Å². The molecule has 20 aromatic carbocycles. The molecule has 29 aromatic rings. The van der Waals surface area contributed by atoms with E-state index in [1.54, 1.807) is 0 Å². The zero-order valence-corrected chi connectivity index (χ0v) is 78.8. The van der Waals surface area contributed by atoms with E-state index in [2.05, 4.69) is 431 Å². The van der Waals surface area contributed by atoms with E-state index in [-0.39, 0.29) is 16.2 Å². The molecule has 0 saturated carbocycles. The standard InChI is InChI=1S/C45H29NO2.C45H29NOS.C41H27N3O/c1-45(2)35-21-22-37-42(41(35)33-20-19-31-29-12-4-8-17-39(29)48-44(31)43(33)45)32-14-3-6-15-36(32)46(37)28-11-9-10-26(24-28)27-18-23-40-34(25-27)30-13-5-7-16-38(30)47-40;1-45(2)36-25-24-32-29-10-3-6-15-37(29)46(42(32)40(36)35-23-22-33-30-11-4-7-16-38(30)47-43(33)41(35)45)27-20-18-26(19-21-27)28-13-9-14-34-31-12-5-8-17-39(31)48-44(28)34;1-41(2)36-26(27-20-21-28-25-14-8-11-19-34(25)45-39(28)37(27)41)22-23-33-35(36)30-16-7-10-18-32(30)44(33)40-42-31-17-9-6-15-29(31)38(43-40)24-12-4-3-5-13-24/h2*3-25H,1-2H3;3-23H,1-2H3. The number of fused-ring (bicyclic) bond motifs is 40. The van der Waals surface area contributed by atoms with E-state index in [0.717, 1.165) is 105 Å². The number of nitrogens with zero attached hydrogens (tertiary/aromatic N) is 5. The molecule has 10 heteroatoms. The number of benzene rings is 20. The van der Waals surface area contributed by atoms with Crippen molar-refractivity contribution in [2.45, 2.75) is 57.8 Å². The van der Waals surface area contributed by atoms with Crippen LogP contribution in [0.15, 0.2) is 424 Å². The molecule has 9 aromatic heterocycles. The van der Waals surface area contributed by atoms with Crippen LogP contribution in [-0.4, -0.2) is 23.7 Å². The van der Waals surface area contributed by atoms with Crippen LogP contribution < -0.4 is 0 Å². The van der Waals surface area contributed by atoms with E-state index in [4.69, 9.17) is 27.6 Å². The van der Waals surface area contributed by atoms with Crippen molar-refractivity contribution in [3.8, 4) is 84.2 Å². The molecule has 0 N–H and O–H groups in total. The predicted octanol–water partition coefficient (Wildman–Crippen LogP) is 36.2. The minimum Gasteiger partial charge on any atom is -0.456 e. The minimum atomic E-state index is -0.300. The second-order valence-electron chi connectivity index (χ2n) is 39.9. The summed E-state index contributed by atoms with van der Waals surface area (Å²) >= 11 is 1.88. The molecule has 9 heterocycles. The Balaban J connectivity index is 0.0000000992. The molecule has 0 bridgehead atoms. The summed E-state index contributed by atoms with van der Waals surface area (Å²) in [4.78, 5) is 10.5. The van der Waals surface area contributed by atoms with Crippen LogP contribution in [0.4, 0.5) is 0 Å². The largest absolute Gasteiger partial charge is 0.456 e. The van der Waals surface area contributed by atoms with Crippen molar-refractivity contribution in [2.75, 3.05) is 0 Å². The third-order valence-electron chi connectivity index (χ3n) is 31.3. The summed E-state index contributed by atoms with van der Waals surface area (Å²) in [5.74, 6) is 0.673. The zero-order valence-electron chi connectivity index (χ0n) is 78.0. The lowest BCUT2D eigenvalue weighted by Crippen LogP contribution is -2.16. The van der Waals surface area contributed by atoms with Gasteiger partial charge < -0.3 is 26.8 Å². The molecule has 0 spiro atoms. The molecular formula is C131H85N5O4S. The van der Waals surface area contributed by atoms with E-state index in [0.29, 0.717) is 5.95 Å². The zero-order chi connectivity index (χ0) is 93.3. The average Bonchev–Trinajstić information content (AvgIpc) is 1.54. The van der Waals surface area contributed by atoms with Crippen LogP contribution in [0.3, 0.4) is 0 Å². The van der Waals surface area contributed by atoms with Gasteiger partial charge in [-0.05, 0) is 188 Å². The van der Waals surface area contributed by atoms with Gasteiger partial charge >= 0.3 is 0 Å². The van der Waals surface area contributed by atoms with Crippen LogP contribution in [0.1, 0.15) is 74.9 Å². The number of hydrogen-bond acceptors (Lipinski definition) is 7. The maximum absolute atomic E-state index is 6.65. The molecule has 0 amide bonds. The summed E-state index contributed by atoms with van der Waals surface area (Å²) in [7, 11) is 0. The van der Waals surface area contributed by atoms with Gasteiger partial charge in [0.2, 0.25) is 5.95 Å². The number of thiophene rings is 1. The van der Waals surface area contributed by atoms with Crippen molar-refractivity contribution in [3.05, 3.63) is 440 Å². The van der Waals surface area contributed by atoms with E-state index in [9.17, 15) is 0 Å². The van der Waals surface area contributed by atoms with Gasteiger partial charge in [-0.15, -0.1) is 11.3 Å². The molecule has 0 aliphatic heterocycles. The fourth-order valence-corrected chi connectivity index (χ4v) is 26.4. The number of hydrogen-bond donors (Lipinski definition) is 0. The Morgan fingerprint density at radius 3 is 1.36 bits per heavy atom. The van der Waals surface area contributed by atoms with Crippen molar-refractivity contribution in [3.63, 3.8) is 0 Å². The van der Waals surface area contributed by atoms with E-state index in [1.807, 2.05) is 41.7 Å². The molecule has 3 aliphatic rings. The van der Waals surface area contributed by atoms with E-state index in [1.165, 1.54) is 191 Å². The van der Waals surface area contributed by atoms with Gasteiger partial charge in [-0.3, -0.25) is 4.57 Å². The summed E-state index contributed by atoms with van der Waals surface area (Å²) in [5.41, 5.74) is 39.6. The molecule has 0 saturated heterocycles. The molecule has 3 aliphatic carbocycles. The van der Waals surface area contributed by atoms with Crippen LogP contribution in [0.2, 0.25) is 0 Å². The summed E-state index contributed by atoms with van der Waals surface area (Å²) in [6.45, 7) is 14.1. The topological polar surface area (TPSA) is 93.1 Å². The smallest absolute Gasteiger partial charge is 0.235 e. The van der Waals surface area contributed by atoms with Crippen molar-refractivity contribution < 1.29 is 17.7 Å². The van der Waals surface area contributed by atoms with Crippen molar-refractivity contribution >= 4 is 196 Å². The van der Waals surface area contributed by atoms with Gasteiger partial charge in [0, 0.05) is 156 Å². The fourth-order valence-electron chi connectivity index (χ4n) is 25.1.